The molecule has 0 saturated carbocycles. The zero-order chi connectivity index (χ0) is 14.8. The van der Waals surface area contributed by atoms with Crippen molar-refractivity contribution in [1.82, 2.24) is 15.4 Å². The largest absolute Gasteiger partial charge is 0.497 e. The third-order valence-electron chi connectivity index (χ3n) is 2.90. The van der Waals surface area contributed by atoms with Crippen molar-refractivity contribution in [3.8, 4) is 17.2 Å². The lowest BCUT2D eigenvalue weighted by Crippen LogP contribution is -1.92. The van der Waals surface area contributed by atoms with Gasteiger partial charge < -0.3 is 9.47 Å². The highest BCUT2D eigenvalue weighted by atomic mass is 16.6. The molecule has 3 rings (SSSR count). The molecule has 0 spiro atoms. The van der Waals surface area contributed by atoms with Gasteiger partial charge in [0.25, 0.3) is 5.69 Å². The first kappa shape index (κ1) is 12.9. The molecule has 0 radical (unpaired) electrons. The van der Waals surface area contributed by atoms with Crippen molar-refractivity contribution in [2.45, 2.75) is 0 Å². The number of hydrogen-bond acceptors (Lipinski definition) is 6. The Bertz CT molecular complexity index is 798. The molecular formula is C13H10N4O4. The second kappa shape index (κ2) is 5.08. The maximum absolute atomic E-state index is 10.9. The topological polar surface area (TPSA) is 103 Å². The van der Waals surface area contributed by atoms with Gasteiger partial charge in [-0.25, -0.2) is 0 Å². The fourth-order valence-electron chi connectivity index (χ4n) is 1.89. The smallest absolute Gasteiger partial charge is 0.299 e. The van der Waals surface area contributed by atoms with E-state index in [1.807, 2.05) is 0 Å². The lowest BCUT2D eigenvalue weighted by atomic mass is 10.2. The number of nitro benzene ring substituents is 1. The van der Waals surface area contributed by atoms with Gasteiger partial charge in [-0.3, -0.25) is 10.1 Å². The minimum absolute atomic E-state index is 0.124. The van der Waals surface area contributed by atoms with Crippen LogP contribution in [0.15, 0.2) is 36.4 Å². The molecule has 0 aliphatic heterocycles. The summed E-state index contributed by atoms with van der Waals surface area (Å²) >= 11 is 0. The molecule has 1 N–H and O–H groups in total. The number of aromatic nitrogens is 3. The van der Waals surface area contributed by atoms with Gasteiger partial charge in [-0.15, -0.1) is 5.10 Å². The van der Waals surface area contributed by atoms with E-state index in [0.29, 0.717) is 22.8 Å². The van der Waals surface area contributed by atoms with Crippen molar-refractivity contribution < 1.29 is 14.4 Å². The van der Waals surface area contributed by atoms with Crippen LogP contribution in [0.25, 0.3) is 11.0 Å². The van der Waals surface area contributed by atoms with Crippen molar-refractivity contribution in [2.75, 3.05) is 7.11 Å². The van der Waals surface area contributed by atoms with Gasteiger partial charge in [0.2, 0.25) is 0 Å². The van der Waals surface area contributed by atoms with Crippen LogP contribution >= 0.6 is 0 Å². The van der Waals surface area contributed by atoms with Gasteiger partial charge >= 0.3 is 0 Å². The number of nitrogens with zero attached hydrogens (tertiary/aromatic N) is 3. The van der Waals surface area contributed by atoms with Crippen LogP contribution in [0.4, 0.5) is 5.69 Å². The molecule has 0 amide bonds. The Labute approximate surface area is 118 Å². The van der Waals surface area contributed by atoms with Gasteiger partial charge in [-0.1, -0.05) is 0 Å². The Morgan fingerprint density at radius 2 is 1.71 bits per heavy atom. The Morgan fingerprint density at radius 1 is 1.05 bits per heavy atom. The highest BCUT2D eigenvalue weighted by Gasteiger charge is 2.19. The van der Waals surface area contributed by atoms with Crippen molar-refractivity contribution >= 4 is 16.7 Å². The molecule has 0 aliphatic carbocycles. The molecule has 8 nitrogen and oxygen atoms in total. The van der Waals surface area contributed by atoms with Crippen molar-refractivity contribution in [3.63, 3.8) is 0 Å². The molecule has 0 atom stereocenters. The summed E-state index contributed by atoms with van der Waals surface area (Å²) in [5.41, 5.74) is 0.340. The Balaban J connectivity index is 1.99. The number of H-pyrrole nitrogens is 1. The number of benzene rings is 2. The number of rotatable bonds is 4. The number of nitro groups is 1. The summed E-state index contributed by atoms with van der Waals surface area (Å²) in [7, 11) is 1.57. The number of non-ortho nitro benzene ring substituents is 1. The van der Waals surface area contributed by atoms with Crippen molar-refractivity contribution in [1.29, 1.82) is 0 Å². The van der Waals surface area contributed by atoms with E-state index in [1.165, 1.54) is 12.1 Å². The summed E-state index contributed by atoms with van der Waals surface area (Å²) < 4.78 is 10.7. The van der Waals surface area contributed by atoms with E-state index in [9.17, 15) is 10.1 Å². The lowest BCUT2D eigenvalue weighted by Gasteiger charge is -2.06. The molecular weight excluding hydrogens is 276 g/mol. The zero-order valence-corrected chi connectivity index (χ0v) is 10.9. The maximum Gasteiger partial charge on any atom is 0.299 e. The number of nitrogens with one attached hydrogen (secondary N) is 1. The molecule has 106 valence electrons. The van der Waals surface area contributed by atoms with Crippen LogP contribution in [0.3, 0.4) is 0 Å². The molecule has 2 aromatic carbocycles. The van der Waals surface area contributed by atoms with E-state index in [2.05, 4.69) is 15.4 Å². The highest BCUT2D eigenvalue weighted by Crippen LogP contribution is 2.33. The summed E-state index contributed by atoms with van der Waals surface area (Å²) in [5.74, 6) is 1.65. The van der Waals surface area contributed by atoms with Gasteiger partial charge in [-0.2, -0.15) is 10.3 Å². The fraction of sp³-hybridized carbons (Fsp3) is 0.0769. The zero-order valence-electron chi connectivity index (χ0n) is 10.9. The van der Waals surface area contributed by atoms with Crippen LogP contribution < -0.4 is 9.47 Å². The average molecular weight is 286 g/mol. The molecule has 0 fully saturated rings. The number of aromatic amines is 1. The van der Waals surface area contributed by atoms with Crippen LogP contribution in [0.5, 0.6) is 17.2 Å². The summed E-state index contributed by atoms with van der Waals surface area (Å²) in [4.78, 5) is 10.4. The normalized spacial score (nSPS) is 10.5. The minimum Gasteiger partial charge on any atom is -0.497 e. The molecule has 8 heteroatoms. The Hall–Kier alpha value is -3.16. The highest BCUT2D eigenvalue weighted by molar-refractivity contribution is 5.88. The van der Waals surface area contributed by atoms with E-state index in [-0.39, 0.29) is 11.2 Å². The van der Waals surface area contributed by atoms with Crippen LogP contribution in [-0.4, -0.2) is 27.4 Å². The molecule has 0 bridgehead atoms. The number of fused-ring (bicyclic) bond motifs is 1. The van der Waals surface area contributed by atoms with Gasteiger partial charge in [0.05, 0.1) is 12.0 Å². The first-order chi connectivity index (χ1) is 10.2. The summed E-state index contributed by atoms with van der Waals surface area (Å²) in [5, 5.41) is 21.0. The van der Waals surface area contributed by atoms with Gasteiger partial charge in [-0.05, 0) is 30.3 Å². The number of methoxy groups -OCH3 is 1. The summed E-state index contributed by atoms with van der Waals surface area (Å²) in [6.07, 6.45) is 0. The third kappa shape index (κ3) is 2.34. The standard InChI is InChI=1S/C13H10N4O4/c1-20-8-2-4-9(5-3-8)21-11-7-6-10(17(18)19)12-13(11)15-16-14-12/h2-7H,1H3,(H,14,15,16). The molecule has 0 unspecified atom stereocenters. The fourth-order valence-corrected chi connectivity index (χ4v) is 1.89. The molecule has 1 aromatic heterocycles. The summed E-state index contributed by atoms with van der Waals surface area (Å²) in [6, 6.07) is 9.79. The minimum atomic E-state index is -0.512. The molecule has 1 heterocycles. The van der Waals surface area contributed by atoms with Crippen LogP contribution in [0.1, 0.15) is 0 Å². The molecule has 21 heavy (non-hydrogen) atoms. The monoisotopic (exact) mass is 286 g/mol. The van der Waals surface area contributed by atoms with E-state index < -0.39 is 4.92 Å². The van der Waals surface area contributed by atoms with Gasteiger partial charge in [0.15, 0.2) is 16.8 Å². The summed E-state index contributed by atoms with van der Waals surface area (Å²) in [6.45, 7) is 0. The van der Waals surface area contributed by atoms with Crippen LogP contribution in [0.2, 0.25) is 0 Å². The number of hydrogen-bond donors (Lipinski definition) is 1. The average Bonchev–Trinajstić information content (AvgIpc) is 2.98. The van der Waals surface area contributed by atoms with Crippen molar-refractivity contribution in [2.24, 2.45) is 0 Å². The van der Waals surface area contributed by atoms with E-state index in [1.54, 1.807) is 31.4 Å². The van der Waals surface area contributed by atoms with E-state index in [4.69, 9.17) is 9.47 Å². The Kier molecular flexibility index (Phi) is 3.11. The predicted octanol–water partition coefficient (Wildman–Crippen LogP) is 2.67. The van der Waals surface area contributed by atoms with Gasteiger partial charge in [0, 0.05) is 6.07 Å². The van der Waals surface area contributed by atoms with Gasteiger partial charge in [0.1, 0.15) is 11.5 Å². The van der Waals surface area contributed by atoms with Crippen molar-refractivity contribution in [3.05, 3.63) is 46.5 Å². The number of ether oxygens (including phenoxy) is 2. The quantitative estimate of drug-likeness (QED) is 0.584. The second-order valence-corrected chi connectivity index (χ2v) is 4.14. The predicted molar refractivity (Wildman–Crippen MR) is 73.6 cm³/mol. The van der Waals surface area contributed by atoms with E-state index in [0.717, 1.165) is 0 Å². The van der Waals surface area contributed by atoms with E-state index >= 15 is 0 Å². The second-order valence-electron chi connectivity index (χ2n) is 4.14. The molecule has 0 saturated heterocycles. The first-order valence-electron chi connectivity index (χ1n) is 5.99. The lowest BCUT2D eigenvalue weighted by molar-refractivity contribution is -0.383. The SMILES string of the molecule is COc1ccc(Oc2ccc([N+](=O)[O-])c3n[nH]nc23)cc1. The van der Waals surface area contributed by atoms with Crippen LogP contribution in [-0.2, 0) is 0 Å². The first-order valence-corrected chi connectivity index (χ1v) is 5.99. The Morgan fingerprint density at radius 3 is 2.38 bits per heavy atom. The maximum atomic E-state index is 10.9. The molecule has 3 aromatic rings. The molecule has 0 aliphatic rings. The van der Waals surface area contributed by atoms with Crippen LogP contribution in [0, 0.1) is 10.1 Å². The third-order valence-corrected chi connectivity index (χ3v) is 2.90.